The molecular formula is C8H6NS. The van der Waals surface area contributed by atoms with Gasteiger partial charge in [0, 0.05) is 5.75 Å². The second kappa shape index (κ2) is 3.28. The van der Waals surface area contributed by atoms with Crippen molar-refractivity contribution in [2.75, 3.05) is 0 Å². The number of hydrogen-bond donors (Lipinski definition) is 0. The lowest BCUT2D eigenvalue weighted by Crippen LogP contribution is -1.82. The highest BCUT2D eigenvalue weighted by atomic mass is 32.1. The second-order valence-corrected chi connectivity index (χ2v) is 2.20. The summed E-state index contributed by atoms with van der Waals surface area (Å²) in [5.41, 5.74) is 1.64. The fraction of sp³-hybridized carbons (Fsp3) is 0.125. The lowest BCUT2D eigenvalue weighted by molar-refractivity contribution is 1.37. The first-order chi connectivity index (χ1) is 4.88. The van der Waals surface area contributed by atoms with Crippen molar-refractivity contribution in [1.82, 2.24) is 0 Å². The monoisotopic (exact) mass is 148 g/mol. The van der Waals surface area contributed by atoms with Crippen LogP contribution in [0.2, 0.25) is 0 Å². The van der Waals surface area contributed by atoms with Crippen LogP contribution in [0.15, 0.2) is 24.3 Å². The number of rotatable bonds is 1. The predicted octanol–water partition coefficient (Wildman–Crippen LogP) is 2.26. The zero-order chi connectivity index (χ0) is 7.40. The fourth-order valence-corrected chi connectivity index (χ4v) is 1.01. The van der Waals surface area contributed by atoms with Gasteiger partial charge in [0.15, 0.2) is 0 Å². The summed E-state index contributed by atoms with van der Waals surface area (Å²) in [6.45, 7) is 0. The minimum Gasteiger partial charge on any atom is -0.192 e. The summed E-state index contributed by atoms with van der Waals surface area (Å²) >= 11 is 4.82. The summed E-state index contributed by atoms with van der Waals surface area (Å²) in [6, 6.07) is 9.47. The molecule has 0 saturated carbocycles. The molecule has 0 amide bonds. The van der Waals surface area contributed by atoms with Crippen LogP contribution in [0.5, 0.6) is 0 Å². The SMILES string of the molecule is N#Cc1ccccc1C[S]. The molecule has 0 bridgehead atoms. The third-order valence-electron chi connectivity index (χ3n) is 1.29. The van der Waals surface area contributed by atoms with Gasteiger partial charge in [-0.3, -0.25) is 0 Å². The maximum absolute atomic E-state index is 8.55. The van der Waals surface area contributed by atoms with E-state index in [2.05, 4.69) is 6.07 Å². The Morgan fingerprint density at radius 3 is 2.60 bits per heavy atom. The molecule has 0 spiro atoms. The Balaban J connectivity index is 3.12. The van der Waals surface area contributed by atoms with Gasteiger partial charge in [-0.05, 0) is 11.6 Å². The minimum atomic E-state index is 0.518. The Kier molecular flexibility index (Phi) is 2.35. The minimum absolute atomic E-state index is 0.518. The molecule has 0 saturated heterocycles. The van der Waals surface area contributed by atoms with Gasteiger partial charge in [0.1, 0.15) is 0 Å². The smallest absolute Gasteiger partial charge is 0.0994 e. The first-order valence-corrected chi connectivity index (χ1v) is 3.52. The maximum Gasteiger partial charge on any atom is 0.0994 e. The Labute approximate surface area is 65.7 Å². The average Bonchev–Trinajstić information content (AvgIpc) is 2.04. The van der Waals surface area contributed by atoms with Crippen LogP contribution < -0.4 is 0 Å². The lowest BCUT2D eigenvalue weighted by Gasteiger charge is -1.95. The molecule has 49 valence electrons. The topological polar surface area (TPSA) is 23.8 Å². The highest BCUT2D eigenvalue weighted by molar-refractivity contribution is 7.79. The van der Waals surface area contributed by atoms with Gasteiger partial charge in [-0.25, -0.2) is 0 Å². The van der Waals surface area contributed by atoms with Crippen LogP contribution in [0.4, 0.5) is 0 Å². The summed E-state index contributed by atoms with van der Waals surface area (Å²) in [4.78, 5) is 0. The van der Waals surface area contributed by atoms with Crippen molar-refractivity contribution in [2.24, 2.45) is 0 Å². The molecule has 1 aromatic carbocycles. The quantitative estimate of drug-likeness (QED) is 0.599. The average molecular weight is 148 g/mol. The highest BCUT2D eigenvalue weighted by Gasteiger charge is 1.95. The maximum atomic E-state index is 8.55. The van der Waals surface area contributed by atoms with Gasteiger partial charge in [-0.1, -0.05) is 30.8 Å². The first kappa shape index (κ1) is 7.17. The van der Waals surface area contributed by atoms with Gasteiger partial charge in [-0.15, -0.1) is 0 Å². The summed E-state index contributed by atoms with van der Waals surface area (Å²) in [6.07, 6.45) is 0. The summed E-state index contributed by atoms with van der Waals surface area (Å²) in [5.74, 6) is 0.518. The predicted molar refractivity (Wildman–Crippen MR) is 42.5 cm³/mol. The molecule has 0 aromatic heterocycles. The number of nitrogens with zero attached hydrogens (tertiary/aromatic N) is 1. The van der Waals surface area contributed by atoms with Crippen LogP contribution in [0.1, 0.15) is 11.1 Å². The van der Waals surface area contributed by atoms with Crippen LogP contribution in [0.25, 0.3) is 0 Å². The lowest BCUT2D eigenvalue weighted by atomic mass is 10.1. The van der Waals surface area contributed by atoms with Crippen LogP contribution >= 0.6 is 12.6 Å². The van der Waals surface area contributed by atoms with E-state index >= 15 is 0 Å². The van der Waals surface area contributed by atoms with Crippen molar-refractivity contribution in [3.63, 3.8) is 0 Å². The molecule has 0 unspecified atom stereocenters. The van der Waals surface area contributed by atoms with E-state index in [1.807, 2.05) is 18.2 Å². The molecule has 1 rings (SSSR count). The van der Waals surface area contributed by atoms with E-state index < -0.39 is 0 Å². The van der Waals surface area contributed by atoms with E-state index in [1.165, 1.54) is 0 Å². The van der Waals surface area contributed by atoms with Crippen LogP contribution in [0.3, 0.4) is 0 Å². The molecule has 0 aliphatic carbocycles. The first-order valence-electron chi connectivity index (χ1n) is 2.94. The highest BCUT2D eigenvalue weighted by Crippen LogP contribution is 2.08. The van der Waals surface area contributed by atoms with Crippen molar-refractivity contribution in [1.29, 1.82) is 5.26 Å². The molecule has 0 fully saturated rings. The number of benzene rings is 1. The van der Waals surface area contributed by atoms with Crippen molar-refractivity contribution in [2.45, 2.75) is 5.75 Å². The molecule has 1 nitrogen and oxygen atoms in total. The second-order valence-electron chi connectivity index (χ2n) is 1.91. The standard InChI is InChI=1S/C8H6NS/c9-5-7-3-1-2-4-8(7)6-10/h1-4H,6H2. The van der Waals surface area contributed by atoms with Gasteiger partial charge in [-0.2, -0.15) is 5.26 Å². The van der Waals surface area contributed by atoms with E-state index in [0.29, 0.717) is 11.3 Å². The fourth-order valence-electron chi connectivity index (χ4n) is 0.755. The van der Waals surface area contributed by atoms with Crippen LogP contribution in [-0.4, -0.2) is 0 Å². The summed E-state index contributed by atoms with van der Waals surface area (Å²) < 4.78 is 0. The van der Waals surface area contributed by atoms with Crippen LogP contribution in [-0.2, 0) is 5.75 Å². The van der Waals surface area contributed by atoms with Gasteiger partial charge < -0.3 is 0 Å². The summed E-state index contributed by atoms with van der Waals surface area (Å²) in [5, 5.41) is 8.55. The van der Waals surface area contributed by atoms with Crippen molar-refractivity contribution in [3.8, 4) is 6.07 Å². The van der Waals surface area contributed by atoms with E-state index in [-0.39, 0.29) is 0 Å². The van der Waals surface area contributed by atoms with E-state index in [1.54, 1.807) is 6.07 Å². The van der Waals surface area contributed by atoms with Gasteiger partial charge in [0.2, 0.25) is 0 Å². The third kappa shape index (κ3) is 1.31. The molecule has 0 aliphatic rings. The molecule has 10 heavy (non-hydrogen) atoms. The molecule has 0 heterocycles. The van der Waals surface area contributed by atoms with Gasteiger partial charge in [0.05, 0.1) is 11.6 Å². The Morgan fingerprint density at radius 2 is 2.10 bits per heavy atom. The summed E-state index contributed by atoms with van der Waals surface area (Å²) in [7, 11) is 0. The largest absolute Gasteiger partial charge is 0.192 e. The zero-order valence-corrected chi connectivity index (χ0v) is 6.19. The van der Waals surface area contributed by atoms with Crippen LogP contribution in [0, 0.1) is 11.3 Å². The number of nitriles is 1. The molecule has 1 aromatic rings. The Bertz CT molecular complexity index is 262. The van der Waals surface area contributed by atoms with Gasteiger partial charge >= 0.3 is 0 Å². The normalized spacial score (nSPS) is 8.80. The van der Waals surface area contributed by atoms with Crippen molar-refractivity contribution >= 4 is 12.6 Å². The number of hydrogen-bond acceptors (Lipinski definition) is 1. The van der Waals surface area contributed by atoms with Gasteiger partial charge in [0.25, 0.3) is 0 Å². The van der Waals surface area contributed by atoms with E-state index in [9.17, 15) is 0 Å². The molecule has 0 N–H and O–H groups in total. The Hall–Kier alpha value is -0.940. The Morgan fingerprint density at radius 1 is 1.40 bits per heavy atom. The van der Waals surface area contributed by atoms with E-state index in [0.717, 1.165) is 5.56 Å². The molecule has 1 radical (unpaired) electrons. The molecule has 0 atom stereocenters. The zero-order valence-electron chi connectivity index (χ0n) is 5.37. The molecule has 2 heteroatoms. The third-order valence-corrected chi connectivity index (χ3v) is 1.60. The van der Waals surface area contributed by atoms with Crippen molar-refractivity contribution < 1.29 is 0 Å². The molecule has 0 aliphatic heterocycles. The molecular weight excluding hydrogens is 142 g/mol. The van der Waals surface area contributed by atoms with E-state index in [4.69, 9.17) is 17.9 Å². The van der Waals surface area contributed by atoms with Crippen molar-refractivity contribution in [3.05, 3.63) is 35.4 Å².